The maximum absolute atomic E-state index is 10.8. The standard InChI is InChI=1S/C6H8N2O2S2/c7-4-1-5(11)3-6(2-4)12(8,9)10/h1-3,11H,7H2,(H2,8,9,10). The summed E-state index contributed by atoms with van der Waals surface area (Å²) in [6.07, 6.45) is 0. The van der Waals surface area contributed by atoms with Crippen molar-refractivity contribution in [2.24, 2.45) is 5.14 Å². The smallest absolute Gasteiger partial charge is 0.238 e. The second-order valence-electron chi connectivity index (χ2n) is 2.31. The van der Waals surface area contributed by atoms with Crippen LogP contribution in [-0.4, -0.2) is 8.42 Å². The number of rotatable bonds is 1. The summed E-state index contributed by atoms with van der Waals surface area (Å²) in [5.74, 6) is 0. The van der Waals surface area contributed by atoms with Crippen LogP contribution >= 0.6 is 12.6 Å². The van der Waals surface area contributed by atoms with Gasteiger partial charge in [-0.1, -0.05) is 0 Å². The fourth-order valence-corrected chi connectivity index (χ4v) is 1.74. The van der Waals surface area contributed by atoms with Crippen molar-refractivity contribution >= 4 is 28.3 Å². The van der Waals surface area contributed by atoms with Crippen LogP contribution in [0.15, 0.2) is 28.0 Å². The van der Waals surface area contributed by atoms with E-state index in [-0.39, 0.29) is 4.90 Å². The van der Waals surface area contributed by atoms with Gasteiger partial charge in [0.05, 0.1) is 4.90 Å². The highest BCUT2D eigenvalue weighted by atomic mass is 32.2. The number of primary sulfonamides is 1. The highest BCUT2D eigenvalue weighted by Gasteiger charge is 2.08. The van der Waals surface area contributed by atoms with Crippen LogP contribution in [0.2, 0.25) is 0 Å². The molecule has 0 spiro atoms. The first-order valence-corrected chi connectivity index (χ1v) is 5.01. The molecule has 0 heterocycles. The molecule has 4 N–H and O–H groups in total. The van der Waals surface area contributed by atoms with E-state index >= 15 is 0 Å². The molecule has 4 nitrogen and oxygen atoms in total. The molecule has 1 rings (SSSR count). The van der Waals surface area contributed by atoms with E-state index in [1.165, 1.54) is 18.2 Å². The third-order valence-electron chi connectivity index (χ3n) is 1.24. The predicted octanol–water partition coefficient (Wildman–Crippen LogP) is 0.205. The Balaban J connectivity index is 3.37. The number of anilines is 1. The molecule has 0 radical (unpaired) electrons. The average molecular weight is 204 g/mol. The summed E-state index contributed by atoms with van der Waals surface area (Å²) in [5, 5.41) is 4.88. The minimum absolute atomic E-state index is 0.0208. The monoisotopic (exact) mass is 204 g/mol. The van der Waals surface area contributed by atoms with Crippen molar-refractivity contribution in [3.8, 4) is 0 Å². The van der Waals surface area contributed by atoms with Gasteiger partial charge in [-0.3, -0.25) is 0 Å². The molecule has 0 aromatic heterocycles. The lowest BCUT2D eigenvalue weighted by Gasteiger charge is -2.00. The van der Waals surface area contributed by atoms with Crippen LogP contribution in [0, 0.1) is 0 Å². The van der Waals surface area contributed by atoms with Crippen LogP contribution in [0.3, 0.4) is 0 Å². The molecule has 0 fully saturated rings. The van der Waals surface area contributed by atoms with Crippen LogP contribution < -0.4 is 10.9 Å². The zero-order valence-corrected chi connectivity index (χ0v) is 7.77. The Morgan fingerprint density at radius 2 is 1.83 bits per heavy atom. The molecule has 66 valence electrons. The van der Waals surface area contributed by atoms with Gasteiger partial charge in [-0.05, 0) is 18.2 Å². The number of hydrogen-bond donors (Lipinski definition) is 3. The summed E-state index contributed by atoms with van der Waals surface area (Å²) in [5.41, 5.74) is 5.71. The molecule has 0 aliphatic heterocycles. The quantitative estimate of drug-likeness (QED) is 0.451. The molecule has 0 saturated carbocycles. The lowest BCUT2D eigenvalue weighted by Crippen LogP contribution is -2.12. The van der Waals surface area contributed by atoms with Crippen LogP contribution in [-0.2, 0) is 10.0 Å². The van der Waals surface area contributed by atoms with E-state index in [1.54, 1.807) is 0 Å². The lowest BCUT2D eigenvalue weighted by atomic mass is 10.3. The van der Waals surface area contributed by atoms with Gasteiger partial charge in [-0.25, -0.2) is 13.6 Å². The van der Waals surface area contributed by atoms with Gasteiger partial charge in [0.2, 0.25) is 10.0 Å². The lowest BCUT2D eigenvalue weighted by molar-refractivity contribution is 0.597. The van der Waals surface area contributed by atoms with E-state index in [0.29, 0.717) is 10.6 Å². The molecular weight excluding hydrogens is 196 g/mol. The Morgan fingerprint density at radius 3 is 2.25 bits per heavy atom. The maximum atomic E-state index is 10.8. The summed E-state index contributed by atoms with van der Waals surface area (Å²) < 4.78 is 21.7. The molecule has 0 saturated heterocycles. The van der Waals surface area contributed by atoms with Gasteiger partial charge in [0, 0.05) is 10.6 Å². The normalized spacial score (nSPS) is 11.5. The van der Waals surface area contributed by atoms with Crippen molar-refractivity contribution in [3.05, 3.63) is 18.2 Å². The molecule has 6 heteroatoms. The average Bonchev–Trinajstić information content (AvgIpc) is 1.82. The molecule has 0 atom stereocenters. The van der Waals surface area contributed by atoms with E-state index in [4.69, 9.17) is 10.9 Å². The summed E-state index contributed by atoms with van der Waals surface area (Å²) in [7, 11) is -3.68. The second-order valence-corrected chi connectivity index (χ2v) is 4.38. The van der Waals surface area contributed by atoms with Gasteiger partial charge in [0.1, 0.15) is 0 Å². The van der Waals surface area contributed by atoms with E-state index in [0.717, 1.165) is 0 Å². The second kappa shape index (κ2) is 2.96. The maximum Gasteiger partial charge on any atom is 0.238 e. The summed E-state index contributed by atoms with van der Waals surface area (Å²) in [4.78, 5) is 0.450. The minimum Gasteiger partial charge on any atom is -0.399 e. The van der Waals surface area contributed by atoms with Gasteiger partial charge in [0.25, 0.3) is 0 Å². The fourth-order valence-electron chi connectivity index (χ4n) is 0.770. The Kier molecular flexibility index (Phi) is 2.31. The van der Waals surface area contributed by atoms with Crippen molar-refractivity contribution in [1.82, 2.24) is 0 Å². The van der Waals surface area contributed by atoms with Crippen LogP contribution in [0.4, 0.5) is 5.69 Å². The number of benzene rings is 1. The van der Waals surface area contributed by atoms with Gasteiger partial charge >= 0.3 is 0 Å². The summed E-state index contributed by atoms with van der Waals surface area (Å²) in [6, 6.07) is 4.17. The third-order valence-corrected chi connectivity index (χ3v) is 2.39. The molecule has 0 bridgehead atoms. The van der Waals surface area contributed by atoms with Gasteiger partial charge in [-0.2, -0.15) is 0 Å². The van der Waals surface area contributed by atoms with Crippen molar-refractivity contribution in [1.29, 1.82) is 0 Å². The third kappa shape index (κ3) is 2.13. The first-order valence-electron chi connectivity index (χ1n) is 3.02. The van der Waals surface area contributed by atoms with Crippen molar-refractivity contribution in [2.45, 2.75) is 9.79 Å². The van der Waals surface area contributed by atoms with Crippen molar-refractivity contribution in [3.63, 3.8) is 0 Å². The fraction of sp³-hybridized carbons (Fsp3) is 0. The topological polar surface area (TPSA) is 86.2 Å². The largest absolute Gasteiger partial charge is 0.399 e. The number of sulfonamides is 1. The zero-order chi connectivity index (χ0) is 9.35. The van der Waals surface area contributed by atoms with Gasteiger partial charge in [-0.15, -0.1) is 12.6 Å². The number of thiol groups is 1. The Hall–Kier alpha value is -0.720. The molecule has 0 aliphatic rings. The van der Waals surface area contributed by atoms with Crippen LogP contribution in [0.25, 0.3) is 0 Å². The van der Waals surface area contributed by atoms with Crippen LogP contribution in [0.5, 0.6) is 0 Å². The summed E-state index contributed by atoms with van der Waals surface area (Å²) >= 11 is 3.96. The van der Waals surface area contributed by atoms with E-state index in [2.05, 4.69) is 12.6 Å². The Morgan fingerprint density at radius 1 is 1.25 bits per heavy atom. The van der Waals surface area contributed by atoms with Gasteiger partial charge in [0.15, 0.2) is 0 Å². The van der Waals surface area contributed by atoms with Crippen molar-refractivity contribution in [2.75, 3.05) is 5.73 Å². The van der Waals surface area contributed by atoms with Crippen LogP contribution in [0.1, 0.15) is 0 Å². The minimum atomic E-state index is -3.68. The molecule has 12 heavy (non-hydrogen) atoms. The number of nitrogen functional groups attached to an aromatic ring is 1. The van der Waals surface area contributed by atoms with E-state index in [9.17, 15) is 8.42 Å². The molecular formula is C6H8N2O2S2. The first-order chi connectivity index (χ1) is 5.39. The Labute approximate surface area is 76.0 Å². The Bertz CT molecular complexity index is 380. The van der Waals surface area contributed by atoms with E-state index in [1.807, 2.05) is 0 Å². The zero-order valence-electron chi connectivity index (χ0n) is 6.06. The van der Waals surface area contributed by atoms with E-state index < -0.39 is 10.0 Å². The van der Waals surface area contributed by atoms with Gasteiger partial charge < -0.3 is 5.73 Å². The molecule has 1 aromatic carbocycles. The number of nitrogens with two attached hydrogens (primary N) is 2. The first kappa shape index (κ1) is 9.37. The molecule has 1 aromatic rings. The molecule has 0 aliphatic carbocycles. The highest BCUT2D eigenvalue weighted by Crippen LogP contribution is 2.17. The molecule has 0 unspecified atom stereocenters. The summed E-state index contributed by atoms with van der Waals surface area (Å²) in [6.45, 7) is 0. The molecule has 0 amide bonds. The SMILES string of the molecule is Nc1cc(S)cc(S(N)(=O)=O)c1. The predicted molar refractivity (Wildman–Crippen MR) is 49.5 cm³/mol. The number of hydrogen-bond acceptors (Lipinski definition) is 4. The highest BCUT2D eigenvalue weighted by molar-refractivity contribution is 7.89. The van der Waals surface area contributed by atoms with Crippen molar-refractivity contribution < 1.29 is 8.42 Å².